The highest BCUT2D eigenvalue weighted by atomic mass is 32.1. The fraction of sp³-hybridized carbons (Fsp3) is 0. The van der Waals surface area contributed by atoms with E-state index in [1.165, 1.54) is 152 Å². The number of fused-ring (bicyclic) bond motifs is 18. The summed E-state index contributed by atoms with van der Waals surface area (Å²) in [5.74, 6) is 0. The van der Waals surface area contributed by atoms with Gasteiger partial charge in [0.25, 0.3) is 0 Å². The lowest BCUT2D eigenvalue weighted by Gasteiger charge is -2.11. The molecular formula is C96H60N4OS. The molecule has 22 rings (SSSR count). The number of thiophene rings is 1. The first-order valence-corrected chi connectivity index (χ1v) is 35.7. The van der Waals surface area contributed by atoms with Crippen molar-refractivity contribution >= 4 is 141 Å². The predicted molar refractivity (Wildman–Crippen MR) is 432 cm³/mol. The Balaban J connectivity index is 0.000000133. The zero-order valence-electron chi connectivity index (χ0n) is 55.2. The van der Waals surface area contributed by atoms with Gasteiger partial charge in [-0.3, -0.25) is 0 Å². The maximum atomic E-state index is 6.43. The van der Waals surface area contributed by atoms with E-state index in [0.29, 0.717) is 0 Å². The second kappa shape index (κ2) is 23.2. The maximum Gasteiger partial charge on any atom is 0.143 e. The van der Waals surface area contributed by atoms with E-state index in [2.05, 4.69) is 370 Å². The van der Waals surface area contributed by atoms with E-state index in [-0.39, 0.29) is 0 Å². The third-order valence-electron chi connectivity index (χ3n) is 21.0. The summed E-state index contributed by atoms with van der Waals surface area (Å²) < 4.78 is 18.7. The molecule has 0 saturated carbocycles. The van der Waals surface area contributed by atoms with E-state index in [4.69, 9.17) is 4.42 Å². The summed E-state index contributed by atoms with van der Waals surface area (Å²) in [7, 11) is 0. The van der Waals surface area contributed by atoms with Crippen molar-refractivity contribution in [3.05, 3.63) is 364 Å². The van der Waals surface area contributed by atoms with Gasteiger partial charge < -0.3 is 22.7 Å². The van der Waals surface area contributed by atoms with Crippen LogP contribution in [0.3, 0.4) is 0 Å². The molecule has 476 valence electrons. The topological polar surface area (TPSA) is 32.9 Å². The molecule has 0 aliphatic heterocycles. The van der Waals surface area contributed by atoms with Crippen LogP contribution in [0.4, 0.5) is 0 Å². The van der Waals surface area contributed by atoms with Crippen LogP contribution < -0.4 is 0 Å². The van der Waals surface area contributed by atoms with Gasteiger partial charge in [-0.15, -0.1) is 11.3 Å². The molecule has 16 aromatic carbocycles. The van der Waals surface area contributed by atoms with Crippen molar-refractivity contribution in [1.82, 2.24) is 18.3 Å². The average Bonchev–Trinajstić information content (AvgIpc) is 1.59. The number of furan rings is 1. The molecule has 0 aliphatic rings. The Labute approximate surface area is 590 Å². The van der Waals surface area contributed by atoms with Gasteiger partial charge in [-0.05, 0) is 172 Å². The molecule has 0 N–H and O–H groups in total. The van der Waals surface area contributed by atoms with Crippen LogP contribution in [0.5, 0.6) is 0 Å². The van der Waals surface area contributed by atoms with Crippen molar-refractivity contribution in [2.75, 3.05) is 0 Å². The summed E-state index contributed by atoms with van der Waals surface area (Å²) in [5.41, 5.74) is 25.7. The van der Waals surface area contributed by atoms with E-state index in [1.54, 1.807) is 0 Å². The first-order chi connectivity index (χ1) is 50.6. The monoisotopic (exact) mass is 1320 g/mol. The molecular weight excluding hydrogens is 1260 g/mol. The van der Waals surface area contributed by atoms with Crippen LogP contribution in [0.2, 0.25) is 0 Å². The van der Waals surface area contributed by atoms with Gasteiger partial charge in [0.1, 0.15) is 11.2 Å². The Morgan fingerprint density at radius 2 is 0.549 bits per heavy atom. The SMILES string of the molecule is c1ccc(-n2c3ccccc3c3cc(-c4ccc5c(c4)c4ccccc4n5-c4ccc(-c5cccc6c5sc5ccccc56)cc4)ccc32)cc1.c1ccc(-n2c3ccccc3c3cc(-c4ccc5c(c4)c4ccccc4n5-c4cccc(-c5cccc6c5oc5ccccc56)c4)ccc32)cc1. The molecule has 0 aliphatic carbocycles. The fourth-order valence-corrected chi connectivity index (χ4v) is 17.7. The van der Waals surface area contributed by atoms with E-state index in [0.717, 1.165) is 44.4 Å². The molecule has 0 unspecified atom stereocenters. The van der Waals surface area contributed by atoms with Crippen molar-refractivity contribution in [2.24, 2.45) is 0 Å². The van der Waals surface area contributed by atoms with Crippen molar-refractivity contribution < 1.29 is 4.42 Å². The zero-order chi connectivity index (χ0) is 66.9. The Morgan fingerprint density at radius 3 is 1.05 bits per heavy atom. The van der Waals surface area contributed by atoms with Crippen molar-refractivity contribution in [3.8, 4) is 67.3 Å². The van der Waals surface area contributed by atoms with Gasteiger partial charge >= 0.3 is 0 Å². The molecule has 0 radical (unpaired) electrons. The van der Waals surface area contributed by atoms with Gasteiger partial charge in [0.2, 0.25) is 0 Å². The van der Waals surface area contributed by atoms with Gasteiger partial charge in [-0.25, -0.2) is 0 Å². The first-order valence-electron chi connectivity index (χ1n) is 34.9. The lowest BCUT2D eigenvalue weighted by Crippen LogP contribution is -1.94. The number of aromatic nitrogens is 4. The number of rotatable bonds is 8. The average molecular weight is 1320 g/mol. The van der Waals surface area contributed by atoms with Crippen LogP contribution in [0, 0.1) is 0 Å². The van der Waals surface area contributed by atoms with Gasteiger partial charge in [0, 0.05) is 102 Å². The lowest BCUT2D eigenvalue weighted by atomic mass is 10.0. The number of benzene rings is 16. The van der Waals surface area contributed by atoms with E-state index < -0.39 is 0 Å². The standard InChI is InChI=1S/C48H30N2O.C48H30N2S/c1-2-13-34(14-3-1)49-43-21-7-4-16-37(43)41-29-31(24-26-45(41)49)32-25-27-46-42(30-32)38-17-5-8-22-44(38)50(46)35-15-10-12-33(28-35)36-19-11-20-40-39-18-6-9-23-47(39)51-48(36)40;1-2-11-34(12-3-1)49-43-18-7-4-13-37(43)41-29-32(23-27-45(41)49)33-24-28-46-42(30-33)38-14-5-8-19-44(38)50(46)35-25-21-31(22-26-35)36-16-10-17-40-39-15-6-9-20-47(39)51-48(36)40/h2*1-30H. The smallest absolute Gasteiger partial charge is 0.143 e. The molecule has 5 nitrogen and oxygen atoms in total. The van der Waals surface area contributed by atoms with Crippen molar-refractivity contribution in [2.45, 2.75) is 0 Å². The highest BCUT2D eigenvalue weighted by Gasteiger charge is 2.21. The minimum atomic E-state index is 0.912. The van der Waals surface area contributed by atoms with Gasteiger partial charge in [-0.2, -0.15) is 0 Å². The highest BCUT2D eigenvalue weighted by molar-refractivity contribution is 7.26. The quantitative estimate of drug-likeness (QED) is 0.149. The predicted octanol–water partition coefficient (Wildman–Crippen LogP) is 26.7. The van der Waals surface area contributed by atoms with Crippen LogP contribution in [-0.2, 0) is 0 Å². The van der Waals surface area contributed by atoms with E-state index in [1.807, 2.05) is 23.5 Å². The Morgan fingerprint density at radius 1 is 0.196 bits per heavy atom. The van der Waals surface area contributed by atoms with Crippen LogP contribution in [0.25, 0.3) is 197 Å². The van der Waals surface area contributed by atoms with Gasteiger partial charge in [0.05, 0.1) is 44.1 Å². The molecule has 0 atom stereocenters. The van der Waals surface area contributed by atoms with E-state index >= 15 is 0 Å². The molecule has 22 aromatic rings. The first kappa shape index (κ1) is 57.8. The molecule has 6 aromatic heterocycles. The summed E-state index contributed by atoms with van der Waals surface area (Å²) in [6, 6.07) is 132. The normalized spacial score (nSPS) is 11.9. The van der Waals surface area contributed by atoms with Crippen LogP contribution in [-0.4, -0.2) is 18.3 Å². The second-order valence-corrected chi connectivity index (χ2v) is 27.7. The van der Waals surface area contributed by atoms with Crippen molar-refractivity contribution in [3.63, 3.8) is 0 Å². The minimum absolute atomic E-state index is 0.912. The third kappa shape index (κ3) is 9.10. The summed E-state index contributed by atoms with van der Waals surface area (Å²) in [6.07, 6.45) is 0. The van der Waals surface area contributed by atoms with Gasteiger partial charge in [0.15, 0.2) is 0 Å². The van der Waals surface area contributed by atoms with E-state index in [9.17, 15) is 0 Å². The largest absolute Gasteiger partial charge is 0.455 e. The summed E-state index contributed by atoms with van der Waals surface area (Å²) in [4.78, 5) is 0. The molecule has 0 amide bonds. The number of para-hydroxylation sites is 8. The van der Waals surface area contributed by atoms with Crippen LogP contribution >= 0.6 is 11.3 Å². The minimum Gasteiger partial charge on any atom is -0.455 e. The molecule has 0 bridgehead atoms. The fourth-order valence-electron chi connectivity index (χ4n) is 16.4. The Hall–Kier alpha value is -13.3. The van der Waals surface area contributed by atoms with Crippen molar-refractivity contribution in [1.29, 1.82) is 0 Å². The number of hydrogen-bond donors (Lipinski definition) is 0. The Bertz CT molecular complexity index is 7120. The second-order valence-electron chi connectivity index (χ2n) is 26.7. The summed E-state index contributed by atoms with van der Waals surface area (Å²) in [5, 5.41) is 15.0. The molecule has 102 heavy (non-hydrogen) atoms. The maximum absolute atomic E-state index is 6.43. The molecule has 6 heterocycles. The summed E-state index contributed by atoms with van der Waals surface area (Å²) in [6.45, 7) is 0. The molecule has 0 fully saturated rings. The number of hydrogen-bond acceptors (Lipinski definition) is 2. The number of nitrogens with zero attached hydrogens (tertiary/aromatic N) is 4. The highest BCUT2D eigenvalue weighted by Crippen LogP contribution is 2.45. The molecule has 0 spiro atoms. The van der Waals surface area contributed by atoms with Crippen LogP contribution in [0.15, 0.2) is 368 Å². The van der Waals surface area contributed by atoms with Crippen LogP contribution in [0.1, 0.15) is 0 Å². The third-order valence-corrected chi connectivity index (χ3v) is 22.3. The molecule has 6 heteroatoms. The lowest BCUT2D eigenvalue weighted by molar-refractivity contribution is 0.670. The summed E-state index contributed by atoms with van der Waals surface area (Å²) >= 11 is 1.88. The Kier molecular flexibility index (Phi) is 13.1. The zero-order valence-corrected chi connectivity index (χ0v) is 56.1. The molecule has 0 saturated heterocycles. The van der Waals surface area contributed by atoms with Gasteiger partial charge in [-0.1, -0.05) is 231 Å².